The zero-order valence-corrected chi connectivity index (χ0v) is 14.1. The van der Waals surface area contributed by atoms with Crippen LogP contribution in [0.4, 0.5) is 5.13 Å². The summed E-state index contributed by atoms with van der Waals surface area (Å²) in [6, 6.07) is 1.92. The van der Waals surface area contributed by atoms with Crippen molar-refractivity contribution >= 4 is 22.4 Å². The van der Waals surface area contributed by atoms with Crippen LogP contribution in [0.1, 0.15) is 41.6 Å². The Balaban J connectivity index is 1.26. The summed E-state index contributed by atoms with van der Waals surface area (Å²) in [6.45, 7) is 3.06. The van der Waals surface area contributed by atoms with Gasteiger partial charge in [0.25, 0.3) is 0 Å². The maximum atomic E-state index is 12.1. The monoisotopic (exact) mass is 348 g/mol. The normalized spacial score (nSPS) is 17.7. The predicted octanol–water partition coefficient (Wildman–Crippen LogP) is 0.949. The molecule has 8 nitrogen and oxygen atoms in total. The molecule has 1 aliphatic heterocycles. The quantitative estimate of drug-likeness (QED) is 0.807. The maximum Gasteiger partial charge on any atom is 0.227 e. The summed E-state index contributed by atoms with van der Waals surface area (Å²) in [5, 5.41) is 26.1. The lowest BCUT2D eigenvalue weighted by Gasteiger charge is -2.27. The minimum absolute atomic E-state index is 0.0244. The molecule has 4 rings (SSSR count). The standard InChI is InChI=1S/C15H20N6O2S/c22-9-11-7-12-8-20(5-6-21(12)19-11)4-3-13(23)16-15-18-17-14(24-15)10-1-2-10/h7,10,22H,1-6,8-9H2,(H,16,18,23). The van der Waals surface area contributed by atoms with E-state index in [9.17, 15) is 4.79 Å². The van der Waals surface area contributed by atoms with E-state index in [1.165, 1.54) is 24.2 Å². The second-order valence-electron chi connectivity index (χ2n) is 6.30. The number of hydrogen-bond donors (Lipinski definition) is 2. The van der Waals surface area contributed by atoms with Crippen LogP contribution in [0.25, 0.3) is 0 Å². The summed E-state index contributed by atoms with van der Waals surface area (Å²) < 4.78 is 1.93. The van der Waals surface area contributed by atoms with Gasteiger partial charge in [0, 0.05) is 32.0 Å². The molecule has 1 fully saturated rings. The van der Waals surface area contributed by atoms with Crippen LogP contribution in [0.2, 0.25) is 0 Å². The Hall–Kier alpha value is -1.84. The lowest BCUT2D eigenvalue weighted by molar-refractivity contribution is -0.116. The van der Waals surface area contributed by atoms with Crippen LogP contribution in [0.15, 0.2) is 6.07 Å². The number of amides is 1. The number of hydrogen-bond acceptors (Lipinski definition) is 7. The van der Waals surface area contributed by atoms with Gasteiger partial charge in [-0.05, 0) is 18.9 Å². The highest BCUT2D eigenvalue weighted by Gasteiger charge is 2.27. The Morgan fingerprint density at radius 2 is 2.25 bits per heavy atom. The van der Waals surface area contributed by atoms with E-state index in [4.69, 9.17) is 5.11 Å². The van der Waals surface area contributed by atoms with Crippen molar-refractivity contribution in [3.63, 3.8) is 0 Å². The first-order valence-electron chi connectivity index (χ1n) is 8.23. The minimum atomic E-state index is -0.0346. The van der Waals surface area contributed by atoms with Gasteiger partial charge in [0.1, 0.15) is 5.01 Å². The van der Waals surface area contributed by atoms with Gasteiger partial charge in [0.15, 0.2) is 0 Å². The summed E-state index contributed by atoms with van der Waals surface area (Å²) in [5.74, 6) is 0.541. The maximum absolute atomic E-state index is 12.1. The Bertz CT molecular complexity index is 738. The molecule has 0 atom stereocenters. The number of nitrogens with one attached hydrogen (secondary N) is 1. The van der Waals surface area contributed by atoms with Crippen LogP contribution < -0.4 is 5.32 Å². The summed E-state index contributed by atoms with van der Waals surface area (Å²) in [7, 11) is 0. The van der Waals surface area contributed by atoms with Crippen LogP contribution in [-0.2, 0) is 24.5 Å². The molecule has 2 aromatic heterocycles. The third-order valence-electron chi connectivity index (χ3n) is 4.36. The Morgan fingerprint density at radius 1 is 1.38 bits per heavy atom. The molecular weight excluding hydrogens is 328 g/mol. The van der Waals surface area contributed by atoms with Crippen molar-refractivity contribution in [2.24, 2.45) is 0 Å². The fraction of sp³-hybridized carbons (Fsp3) is 0.600. The number of carbonyl (C=O) groups excluding carboxylic acids is 1. The third kappa shape index (κ3) is 3.47. The van der Waals surface area contributed by atoms with Gasteiger partial charge in [0.2, 0.25) is 11.0 Å². The van der Waals surface area contributed by atoms with Crippen molar-refractivity contribution in [1.82, 2.24) is 24.9 Å². The molecule has 0 unspecified atom stereocenters. The molecule has 24 heavy (non-hydrogen) atoms. The van der Waals surface area contributed by atoms with E-state index in [1.807, 2.05) is 10.7 Å². The number of aromatic nitrogens is 4. The minimum Gasteiger partial charge on any atom is -0.390 e. The predicted molar refractivity (Wildman–Crippen MR) is 88.6 cm³/mol. The van der Waals surface area contributed by atoms with Crippen molar-refractivity contribution in [2.75, 3.05) is 18.4 Å². The fourth-order valence-corrected chi connectivity index (χ4v) is 3.80. The van der Waals surface area contributed by atoms with Crippen LogP contribution >= 0.6 is 11.3 Å². The topological polar surface area (TPSA) is 96.2 Å². The molecule has 9 heteroatoms. The van der Waals surface area contributed by atoms with Gasteiger partial charge in [0.05, 0.1) is 24.5 Å². The van der Waals surface area contributed by atoms with E-state index < -0.39 is 0 Å². The number of rotatable bonds is 6. The highest BCUT2D eigenvalue weighted by Crippen LogP contribution is 2.42. The highest BCUT2D eigenvalue weighted by molar-refractivity contribution is 7.15. The van der Waals surface area contributed by atoms with Gasteiger partial charge in [-0.1, -0.05) is 11.3 Å². The van der Waals surface area contributed by atoms with E-state index in [0.717, 1.165) is 30.3 Å². The largest absolute Gasteiger partial charge is 0.390 e. The van der Waals surface area contributed by atoms with Gasteiger partial charge in [-0.3, -0.25) is 14.4 Å². The third-order valence-corrected chi connectivity index (χ3v) is 5.36. The summed E-state index contributed by atoms with van der Waals surface area (Å²) in [4.78, 5) is 14.3. The molecule has 1 aliphatic carbocycles. The highest BCUT2D eigenvalue weighted by atomic mass is 32.1. The molecule has 2 aliphatic rings. The second kappa shape index (κ2) is 6.58. The van der Waals surface area contributed by atoms with Crippen molar-refractivity contribution in [1.29, 1.82) is 0 Å². The number of aliphatic hydroxyl groups is 1. The summed E-state index contributed by atoms with van der Waals surface area (Å²) in [5.41, 5.74) is 1.79. The molecule has 2 N–H and O–H groups in total. The molecule has 0 saturated heterocycles. The number of fused-ring (bicyclic) bond motifs is 1. The summed E-state index contributed by atoms with van der Waals surface area (Å²) in [6.07, 6.45) is 2.80. The first-order chi connectivity index (χ1) is 11.7. The van der Waals surface area contributed by atoms with E-state index in [2.05, 4.69) is 25.5 Å². The zero-order valence-electron chi connectivity index (χ0n) is 13.3. The van der Waals surface area contributed by atoms with Crippen molar-refractivity contribution in [2.45, 2.75) is 44.9 Å². The van der Waals surface area contributed by atoms with Crippen LogP contribution in [0.3, 0.4) is 0 Å². The molecule has 0 aromatic carbocycles. The number of aliphatic hydroxyl groups excluding tert-OH is 1. The second-order valence-corrected chi connectivity index (χ2v) is 7.31. The Kier molecular flexibility index (Phi) is 4.30. The zero-order chi connectivity index (χ0) is 16.5. The molecule has 1 amide bonds. The average molecular weight is 348 g/mol. The molecule has 3 heterocycles. The van der Waals surface area contributed by atoms with Gasteiger partial charge in [-0.15, -0.1) is 10.2 Å². The Labute approximate surface area is 143 Å². The Morgan fingerprint density at radius 3 is 3.04 bits per heavy atom. The first kappa shape index (κ1) is 15.7. The van der Waals surface area contributed by atoms with Gasteiger partial charge in [-0.25, -0.2) is 0 Å². The van der Waals surface area contributed by atoms with E-state index in [-0.39, 0.29) is 12.5 Å². The van der Waals surface area contributed by atoms with E-state index in [0.29, 0.717) is 29.7 Å². The van der Waals surface area contributed by atoms with Gasteiger partial charge >= 0.3 is 0 Å². The average Bonchev–Trinajstić information content (AvgIpc) is 3.19. The van der Waals surface area contributed by atoms with Crippen molar-refractivity contribution in [3.8, 4) is 0 Å². The van der Waals surface area contributed by atoms with Gasteiger partial charge in [-0.2, -0.15) is 5.10 Å². The smallest absolute Gasteiger partial charge is 0.227 e. The van der Waals surface area contributed by atoms with Crippen molar-refractivity contribution < 1.29 is 9.90 Å². The number of carbonyl (C=O) groups is 1. The van der Waals surface area contributed by atoms with Crippen LogP contribution in [-0.4, -0.2) is 49.0 Å². The number of anilines is 1. The molecule has 128 valence electrons. The van der Waals surface area contributed by atoms with Crippen LogP contribution in [0.5, 0.6) is 0 Å². The molecule has 0 radical (unpaired) electrons. The van der Waals surface area contributed by atoms with E-state index >= 15 is 0 Å². The first-order valence-corrected chi connectivity index (χ1v) is 9.05. The van der Waals surface area contributed by atoms with Gasteiger partial charge < -0.3 is 10.4 Å². The van der Waals surface area contributed by atoms with Crippen LogP contribution in [0, 0.1) is 0 Å². The van der Waals surface area contributed by atoms with E-state index in [1.54, 1.807) is 0 Å². The molecule has 2 aromatic rings. The summed E-state index contributed by atoms with van der Waals surface area (Å²) >= 11 is 1.49. The SMILES string of the molecule is O=C(CCN1CCn2nc(CO)cc2C1)Nc1nnc(C2CC2)s1. The molecule has 1 saturated carbocycles. The lowest BCUT2D eigenvalue weighted by Crippen LogP contribution is -2.35. The van der Waals surface area contributed by atoms with Crippen molar-refractivity contribution in [3.05, 3.63) is 22.5 Å². The number of nitrogens with zero attached hydrogens (tertiary/aromatic N) is 5. The molecule has 0 bridgehead atoms. The fourth-order valence-electron chi connectivity index (χ4n) is 2.87. The molecule has 0 spiro atoms. The molecular formula is C15H20N6O2S. The lowest BCUT2D eigenvalue weighted by atomic mass is 10.2.